The summed E-state index contributed by atoms with van der Waals surface area (Å²) in [4.78, 5) is 102. The molecule has 644 valence electrons. The molecule has 36 heteroatoms. The number of aromatic nitrogens is 16. The Kier molecular flexibility index (Phi) is 27.2. The average Bonchev–Trinajstić information content (AvgIpc) is 1.59. The van der Waals surface area contributed by atoms with Gasteiger partial charge in [-0.05, 0) is 110 Å². The second-order valence-corrected chi connectivity index (χ2v) is 43.2. The fourth-order valence-corrected chi connectivity index (χ4v) is 17.3. The molecule has 8 aromatic heterocycles. The van der Waals surface area contributed by atoms with Crippen LogP contribution < -0.4 is 21.3 Å². The summed E-state index contributed by atoms with van der Waals surface area (Å²) in [7, 11) is -4.26. The standard InChI is InChI=1S/C25H35N5O3Si.C24H33N5O4Si.C19H21N5O3.C18H19N5O4/c1-8-18-16(2)20(33-34(6,7)25(3,4)5)24(32-18)30-15-28-19-21(26-14-27-22(19)30)29-23(31)17-12-10-9-11-13-17;1-7-16-18(30)19(33-34(5,6)24(2,3)4)23(32-16)29-14-27-17-20(25-13-26-21(17)29)28-22(31)15-11-9-8-10-12-15;1-3-13-11(2)15(25)19(27-13)24-10-22-14-16(20-9-21-17(14)24)23-18(26)12-7-5-4-6-8-12;1-2-11-13(24)14(25)18(27-11)23-9-21-12-15(19-8-20-16(12)23)22-17(26)10-6-4-3-5-7-10/h9-16,18,20,24H,8H2,1-7H3,(H,26,27,29,31);8-14,16,18-19,23,30H,7H2,1-6H3,(H,25,26,28,31);4-11,13,15,19,25H,3H2,1-2H3,(H,20,21,23,26);3-9,11,13-14,18,24-25H,2H2,1H3,(H,19,20,22,26)/t16?,18-,20+,24-;16-,18?,19+,23-;11?,13-,15+,19-;11-,13?,14+,18-/m1111/s1. The molecule has 0 saturated carbocycles. The summed E-state index contributed by atoms with van der Waals surface area (Å²) < 4.78 is 45.0. The molecule has 4 aliphatic heterocycles. The third-order valence-corrected chi connectivity index (χ3v) is 32.7. The first-order valence-electron chi connectivity index (χ1n) is 41.1. The van der Waals surface area contributed by atoms with E-state index in [2.05, 4.69) is 163 Å². The van der Waals surface area contributed by atoms with Crippen LogP contribution in [0.2, 0.25) is 36.3 Å². The largest absolute Gasteiger partial charge is 0.409 e. The number of hydrogen-bond donors (Lipinski definition) is 8. The highest BCUT2D eigenvalue weighted by Crippen LogP contribution is 2.47. The summed E-state index contributed by atoms with van der Waals surface area (Å²) in [6.07, 6.45) is 7.41. The number of aliphatic hydroxyl groups excluding tert-OH is 4. The van der Waals surface area contributed by atoms with Gasteiger partial charge in [-0.25, -0.2) is 59.8 Å². The molecule has 34 nitrogen and oxygen atoms in total. The molecule has 122 heavy (non-hydrogen) atoms. The Balaban J connectivity index is 0.000000141. The van der Waals surface area contributed by atoms with E-state index >= 15 is 0 Å². The van der Waals surface area contributed by atoms with E-state index in [1.165, 1.54) is 31.6 Å². The van der Waals surface area contributed by atoms with Gasteiger partial charge in [-0.1, -0.05) is 156 Å². The van der Waals surface area contributed by atoms with Gasteiger partial charge in [0.25, 0.3) is 23.6 Å². The number of fused-ring (bicyclic) bond motifs is 4. The van der Waals surface area contributed by atoms with Crippen molar-refractivity contribution in [1.29, 1.82) is 0 Å². The molecule has 4 aliphatic rings. The van der Waals surface area contributed by atoms with Crippen LogP contribution in [0.3, 0.4) is 0 Å². The number of nitrogens with one attached hydrogen (secondary N) is 4. The lowest BCUT2D eigenvalue weighted by molar-refractivity contribution is -0.0355. The highest BCUT2D eigenvalue weighted by atomic mass is 28.4. The molecule has 8 N–H and O–H groups in total. The molecular formula is C86H108N20O14Si2. The molecule has 0 aliphatic carbocycles. The first-order chi connectivity index (χ1) is 58.3. The molecule has 16 atom stereocenters. The number of nitrogens with zero attached hydrogens (tertiary/aromatic N) is 16. The van der Waals surface area contributed by atoms with Crippen molar-refractivity contribution in [2.45, 2.75) is 231 Å². The first-order valence-corrected chi connectivity index (χ1v) is 46.9. The Morgan fingerprint density at radius 3 is 0.918 bits per heavy atom. The highest BCUT2D eigenvalue weighted by molar-refractivity contribution is 6.74. The number of hydrogen-bond acceptors (Lipinski definition) is 26. The molecular weight excluding hydrogens is 1590 g/mol. The van der Waals surface area contributed by atoms with Gasteiger partial charge >= 0.3 is 0 Å². The van der Waals surface area contributed by atoms with Gasteiger partial charge in [0.05, 0.1) is 55.8 Å². The Morgan fingerprint density at radius 1 is 0.352 bits per heavy atom. The third kappa shape index (κ3) is 18.7. The number of anilines is 4. The van der Waals surface area contributed by atoms with Crippen molar-refractivity contribution >= 4 is 108 Å². The van der Waals surface area contributed by atoms with Gasteiger partial charge in [-0.2, -0.15) is 0 Å². The molecule has 0 bridgehead atoms. The molecule has 4 fully saturated rings. The number of amides is 4. The average molecular weight is 1700 g/mol. The van der Waals surface area contributed by atoms with Crippen molar-refractivity contribution in [3.8, 4) is 0 Å². The molecule has 0 radical (unpaired) electrons. The SMILES string of the molecule is CC[C@H]1O[C@@H](n2cnc3c(NC(=O)c4ccccc4)ncnc32)[C@@H](O)C1C.CC[C@H]1O[C@@H](n2cnc3c(NC(=O)c4ccccc4)ncnc32)[C@@H](O)C1O.CC[C@H]1O[C@@H](n2cnc3c(NC(=O)c4ccccc4)ncnc32)[C@@H](O[Si](C)(C)C(C)(C)C)C1C.CC[C@H]1O[C@@H](n2cnc3c(NC(=O)c4ccccc4)ncnc32)[C@@H](O[Si](C)(C)C(C)(C)C)C1O. The topological polar surface area (TPSA) is 427 Å². The Bertz CT molecular complexity index is 5260. The summed E-state index contributed by atoms with van der Waals surface area (Å²) in [5.74, 6) is 0.373. The van der Waals surface area contributed by atoms with Crippen LogP contribution in [0.15, 0.2) is 172 Å². The third-order valence-electron chi connectivity index (χ3n) is 23.8. The lowest BCUT2D eigenvalue weighted by atomic mass is 9.99. The maximum Gasteiger partial charge on any atom is 0.256 e. The van der Waals surface area contributed by atoms with Crippen LogP contribution in [0, 0.1) is 11.8 Å². The van der Waals surface area contributed by atoms with E-state index in [1.54, 1.807) is 118 Å². The maximum absolute atomic E-state index is 12.7. The molecule has 4 unspecified atom stereocenters. The van der Waals surface area contributed by atoms with Crippen molar-refractivity contribution in [1.82, 2.24) is 78.1 Å². The van der Waals surface area contributed by atoms with E-state index in [4.69, 9.17) is 27.8 Å². The van der Waals surface area contributed by atoms with Crippen LogP contribution in [-0.2, 0) is 27.8 Å². The van der Waals surface area contributed by atoms with Crippen molar-refractivity contribution in [2.75, 3.05) is 21.3 Å². The summed E-state index contributed by atoms with van der Waals surface area (Å²) in [5.41, 5.74) is 5.86. The second kappa shape index (κ2) is 37.4. The number of imidazole rings is 4. The zero-order chi connectivity index (χ0) is 87.3. The van der Waals surface area contributed by atoms with Crippen molar-refractivity contribution in [2.24, 2.45) is 11.8 Å². The predicted octanol–water partition coefficient (Wildman–Crippen LogP) is 13.0. The minimum atomic E-state index is -2.21. The van der Waals surface area contributed by atoms with Gasteiger partial charge in [0, 0.05) is 34.1 Å². The fraction of sp³-hybridized carbons (Fsp3) is 0.442. The number of carbonyl (C=O) groups excluding carboxylic acids is 4. The van der Waals surface area contributed by atoms with Gasteiger partial charge in [0.2, 0.25) is 0 Å². The van der Waals surface area contributed by atoms with E-state index < -0.39 is 71.9 Å². The molecule has 0 spiro atoms. The summed E-state index contributed by atoms with van der Waals surface area (Å²) in [5, 5.41) is 53.3. The van der Waals surface area contributed by atoms with Crippen molar-refractivity contribution in [3.05, 3.63) is 194 Å². The van der Waals surface area contributed by atoms with E-state index in [0.29, 0.717) is 97.2 Å². The molecule has 12 aromatic rings. The lowest BCUT2D eigenvalue weighted by Crippen LogP contribution is -2.48. The molecule has 4 aromatic carbocycles. The van der Waals surface area contributed by atoms with Gasteiger partial charge < -0.3 is 69.5 Å². The smallest absolute Gasteiger partial charge is 0.256 e. The van der Waals surface area contributed by atoms with E-state index in [0.717, 1.165) is 12.8 Å². The normalized spacial score (nSPS) is 24.1. The predicted molar refractivity (Wildman–Crippen MR) is 462 cm³/mol. The number of rotatable bonds is 20. The van der Waals surface area contributed by atoms with Gasteiger partial charge in [-0.3, -0.25) is 37.4 Å². The van der Waals surface area contributed by atoms with E-state index in [1.807, 2.05) is 68.7 Å². The Hall–Kier alpha value is -11.0. The van der Waals surface area contributed by atoms with Crippen LogP contribution in [-0.4, -0.2) is 200 Å². The monoisotopic (exact) mass is 1700 g/mol. The lowest BCUT2D eigenvalue weighted by Gasteiger charge is -2.40. The van der Waals surface area contributed by atoms with Crippen LogP contribution in [0.25, 0.3) is 44.7 Å². The highest BCUT2D eigenvalue weighted by Gasteiger charge is 2.52. The van der Waals surface area contributed by atoms with E-state index in [-0.39, 0.29) is 82.0 Å². The zero-order valence-corrected chi connectivity index (χ0v) is 73.3. The number of benzene rings is 4. The van der Waals surface area contributed by atoms with Crippen LogP contribution >= 0.6 is 0 Å². The number of carbonyl (C=O) groups is 4. The Morgan fingerprint density at radius 2 is 0.615 bits per heavy atom. The van der Waals surface area contributed by atoms with Crippen molar-refractivity contribution < 1.29 is 67.4 Å². The van der Waals surface area contributed by atoms with Crippen molar-refractivity contribution in [3.63, 3.8) is 0 Å². The second-order valence-electron chi connectivity index (χ2n) is 33.7. The molecule has 4 saturated heterocycles. The molecule has 4 amide bonds. The van der Waals surface area contributed by atoms with Crippen LogP contribution in [0.1, 0.15) is 175 Å². The van der Waals surface area contributed by atoms with Crippen LogP contribution in [0.4, 0.5) is 23.3 Å². The minimum absolute atomic E-state index is 0.0107. The number of aliphatic hydroxyl groups is 4. The summed E-state index contributed by atoms with van der Waals surface area (Å²) >= 11 is 0. The zero-order valence-electron chi connectivity index (χ0n) is 71.3. The Labute approximate surface area is 708 Å². The van der Waals surface area contributed by atoms with Gasteiger partial charge in [0.15, 0.2) is 109 Å². The van der Waals surface area contributed by atoms with Gasteiger partial charge in [0.1, 0.15) is 55.8 Å². The first kappa shape index (κ1) is 88.8. The minimum Gasteiger partial charge on any atom is -0.409 e. The van der Waals surface area contributed by atoms with Gasteiger partial charge in [-0.15, -0.1) is 0 Å². The summed E-state index contributed by atoms with van der Waals surface area (Å²) in [6, 6.07) is 35.6. The van der Waals surface area contributed by atoms with E-state index in [9.17, 15) is 39.6 Å². The summed E-state index contributed by atoms with van der Waals surface area (Å²) in [6.45, 7) is 34.2. The quantitative estimate of drug-likeness (QED) is 0.0329. The maximum atomic E-state index is 12.7. The molecule has 12 heterocycles. The number of ether oxygens (including phenoxy) is 4. The fourth-order valence-electron chi connectivity index (χ4n) is 14.6. The van der Waals surface area contributed by atoms with Crippen LogP contribution in [0.5, 0.6) is 0 Å². The molecule has 16 rings (SSSR count).